The third kappa shape index (κ3) is 36.0. The molecule has 0 aliphatic rings. The number of carbonyl (C=O) groups is 3. The highest BCUT2D eigenvalue weighted by molar-refractivity contribution is 5.80. The first-order chi connectivity index (χ1) is 23.5. The summed E-state index contributed by atoms with van der Waals surface area (Å²) in [7, 11) is 0. The molecule has 0 aromatic carbocycles. The fourth-order valence-electron chi connectivity index (χ4n) is 5.33. The van der Waals surface area contributed by atoms with E-state index in [4.69, 9.17) is 9.84 Å². The van der Waals surface area contributed by atoms with Gasteiger partial charge in [0.25, 0.3) is 0 Å². The van der Waals surface area contributed by atoms with Gasteiger partial charge in [0.1, 0.15) is 12.6 Å². The number of esters is 1. The van der Waals surface area contributed by atoms with Crippen molar-refractivity contribution >= 4 is 17.8 Å². The van der Waals surface area contributed by atoms with Crippen LogP contribution in [0.25, 0.3) is 0 Å². The number of nitrogens with one attached hydrogen (secondary N) is 1. The monoisotopic (exact) mass is 670 g/mol. The fraction of sp³-hybridized carbons (Fsp3) is 0.690. The number of hydrogen-bond donors (Lipinski definition) is 2. The van der Waals surface area contributed by atoms with Crippen LogP contribution in [0.4, 0.5) is 0 Å². The topological polar surface area (TPSA) is 92.7 Å². The molecule has 0 radical (unpaired) electrons. The van der Waals surface area contributed by atoms with Crippen LogP contribution in [0.15, 0.2) is 60.8 Å². The van der Waals surface area contributed by atoms with Crippen LogP contribution in [0, 0.1) is 0 Å². The number of carboxylic acids is 1. The Morgan fingerprint density at radius 2 is 1.04 bits per heavy atom. The van der Waals surface area contributed by atoms with Gasteiger partial charge in [-0.25, -0.2) is 0 Å². The zero-order valence-corrected chi connectivity index (χ0v) is 30.8. The minimum atomic E-state index is -1.02. The van der Waals surface area contributed by atoms with Gasteiger partial charge in [0.05, 0.1) is 0 Å². The van der Waals surface area contributed by atoms with E-state index in [1.54, 1.807) is 0 Å². The predicted molar refractivity (Wildman–Crippen MR) is 203 cm³/mol. The first-order valence-electron chi connectivity index (χ1n) is 19.4. The van der Waals surface area contributed by atoms with Crippen LogP contribution < -0.4 is 5.32 Å². The smallest absolute Gasteiger partial charge is 0.322 e. The molecule has 0 spiro atoms. The summed E-state index contributed by atoms with van der Waals surface area (Å²) in [6.45, 7) is 4.08. The van der Waals surface area contributed by atoms with Crippen molar-refractivity contribution in [1.82, 2.24) is 5.32 Å². The number of hydrogen-bond acceptors (Lipinski definition) is 4. The molecule has 6 nitrogen and oxygen atoms in total. The van der Waals surface area contributed by atoms with Crippen LogP contribution in [0.1, 0.15) is 174 Å². The van der Waals surface area contributed by atoms with Crippen LogP contribution in [-0.2, 0) is 19.1 Å². The van der Waals surface area contributed by atoms with Crippen molar-refractivity contribution < 1.29 is 24.2 Å². The molecule has 0 aromatic heterocycles. The number of ether oxygens (including phenoxy) is 1. The lowest BCUT2D eigenvalue weighted by molar-refractivity contribution is -0.150. The highest BCUT2D eigenvalue weighted by Crippen LogP contribution is 2.17. The molecule has 0 aromatic rings. The van der Waals surface area contributed by atoms with Gasteiger partial charge in [0.15, 0.2) is 0 Å². The molecule has 0 fully saturated rings. The van der Waals surface area contributed by atoms with Gasteiger partial charge in [0, 0.05) is 12.8 Å². The second kappa shape index (κ2) is 36.9. The molecule has 6 heteroatoms. The Bertz CT molecular complexity index is 917. The highest BCUT2D eigenvalue weighted by atomic mass is 16.5. The quantitative estimate of drug-likeness (QED) is 0.0404. The van der Waals surface area contributed by atoms with Crippen molar-refractivity contribution in [1.29, 1.82) is 0 Å². The van der Waals surface area contributed by atoms with Gasteiger partial charge >= 0.3 is 11.9 Å². The summed E-state index contributed by atoms with van der Waals surface area (Å²) in [5.41, 5.74) is 0. The van der Waals surface area contributed by atoms with Crippen LogP contribution in [0.5, 0.6) is 0 Å². The van der Waals surface area contributed by atoms with Gasteiger partial charge in [-0.3, -0.25) is 14.4 Å². The Labute approximate surface area is 294 Å². The number of amides is 1. The van der Waals surface area contributed by atoms with Gasteiger partial charge in [-0.1, -0.05) is 126 Å². The number of unbranched alkanes of at least 4 members (excludes halogenated alkanes) is 13. The lowest BCUT2D eigenvalue weighted by atomic mass is 10.0. The summed E-state index contributed by atoms with van der Waals surface area (Å²) >= 11 is 0. The second-order valence-corrected chi connectivity index (χ2v) is 12.8. The Balaban J connectivity index is 4.31. The van der Waals surface area contributed by atoms with Gasteiger partial charge in [0.2, 0.25) is 5.91 Å². The number of rotatable bonds is 34. The van der Waals surface area contributed by atoms with Gasteiger partial charge in [-0.15, -0.1) is 0 Å². The van der Waals surface area contributed by atoms with E-state index < -0.39 is 5.97 Å². The molecule has 2 N–H and O–H groups in total. The number of carbonyl (C=O) groups excluding carboxylic acids is 2. The summed E-state index contributed by atoms with van der Waals surface area (Å²) in [5, 5.41) is 11.1. The second-order valence-electron chi connectivity index (χ2n) is 12.8. The first kappa shape index (κ1) is 45.1. The van der Waals surface area contributed by atoms with Crippen LogP contribution in [0.2, 0.25) is 0 Å². The van der Waals surface area contributed by atoms with Gasteiger partial charge < -0.3 is 15.2 Å². The average Bonchev–Trinajstić information content (AvgIpc) is 3.07. The maximum absolute atomic E-state index is 12.7. The first-order valence-corrected chi connectivity index (χ1v) is 19.4. The molecule has 0 heterocycles. The zero-order valence-electron chi connectivity index (χ0n) is 30.8. The summed E-state index contributed by atoms with van der Waals surface area (Å²) in [4.78, 5) is 34.9. The molecule has 0 saturated heterocycles. The molecule has 0 rings (SSSR count). The molecular weight excluding hydrogens is 598 g/mol. The van der Waals surface area contributed by atoms with E-state index in [0.29, 0.717) is 12.8 Å². The SMILES string of the molecule is CC/C=C\C/C=C\C/C=C\C/C=C\CCCCC(=O)OC(CCC/C=C\CCCCCCCC)CCCCCCCC(=O)NCC(=O)O. The minimum Gasteiger partial charge on any atom is -0.480 e. The lowest BCUT2D eigenvalue weighted by Crippen LogP contribution is -2.28. The number of allylic oxidation sites excluding steroid dienone is 10. The molecule has 48 heavy (non-hydrogen) atoms. The summed E-state index contributed by atoms with van der Waals surface area (Å²) < 4.78 is 5.97. The molecule has 274 valence electrons. The largest absolute Gasteiger partial charge is 0.480 e. The Kier molecular flexibility index (Phi) is 34.7. The minimum absolute atomic E-state index is 0.0272. The van der Waals surface area contributed by atoms with E-state index in [9.17, 15) is 14.4 Å². The van der Waals surface area contributed by atoms with Crippen LogP contribution >= 0.6 is 0 Å². The van der Waals surface area contributed by atoms with Crippen molar-refractivity contribution in [3.05, 3.63) is 60.8 Å². The molecular formula is C42H71NO5. The molecule has 0 bridgehead atoms. The molecule has 0 aliphatic heterocycles. The highest BCUT2D eigenvalue weighted by Gasteiger charge is 2.14. The van der Waals surface area contributed by atoms with Crippen LogP contribution in [0.3, 0.4) is 0 Å². The van der Waals surface area contributed by atoms with E-state index in [0.717, 1.165) is 109 Å². The average molecular weight is 670 g/mol. The summed E-state index contributed by atoms with van der Waals surface area (Å²) in [6, 6.07) is 0. The normalized spacial score (nSPS) is 12.7. The molecule has 0 saturated carbocycles. The molecule has 1 unspecified atom stereocenters. The number of aliphatic carboxylic acids is 1. The predicted octanol–water partition coefficient (Wildman–Crippen LogP) is 11.7. The van der Waals surface area contributed by atoms with Crippen molar-refractivity contribution in [2.45, 2.75) is 180 Å². The molecule has 0 aliphatic carbocycles. The Morgan fingerprint density at radius 3 is 1.69 bits per heavy atom. The van der Waals surface area contributed by atoms with E-state index >= 15 is 0 Å². The van der Waals surface area contributed by atoms with Crippen molar-refractivity contribution in [3.63, 3.8) is 0 Å². The van der Waals surface area contributed by atoms with Gasteiger partial charge in [-0.05, 0) is 96.3 Å². The Hall–Kier alpha value is -2.89. The fourth-order valence-corrected chi connectivity index (χ4v) is 5.33. The van der Waals surface area contributed by atoms with E-state index in [-0.39, 0.29) is 24.5 Å². The van der Waals surface area contributed by atoms with Crippen molar-refractivity contribution in [3.8, 4) is 0 Å². The van der Waals surface area contributed by atoms with E-state index in [2.05, 4.69) is 79.9 Å². The van der Waals surface area contributed by atoms with Crippen LogP contribution in [-0.4, -0.2) is 35.6 Å². The van der Waals surface area contributed by atoms with Crippen molar-refractivity contribution in [2.75, 3.05) is 6.54 Å². The van der Waals surface area contributed by atoms with E-state index in [1.165, 1.54) is 38.5 Å². The zero-order chi connectivity index (χ0) is 35.2. The third-order valence-corrected chi connectivity index (χ3v) is 8.17. The summed E-state index contributed by atoms with van der Waals surface area (Å²) in [6.07, 6.45) is 47.6. The maximum Gasteiger partial charge on any atom is 0.322 e. The third-order valence-electron chi connectivity index (χ3n) is 8.17. The standard InChI is InChI=1S/C42H71NO5/c1-3-5-7-9-11-13-15-16-17-18-20-22-24-29-33-37-42(47)48-39(34-30-26-23-21-19-14-12-10-8-6-4-2)35-31-27-25-28-32-36-40(44)43-38-41(45)46/h5,7,11,13,16-17,20-23,39H,3-4,6,8-10,12,14-15,18-19,24-38H2,1-2H3,(H,43,44)(H,45,46)/b7-5-,13-11-,17-16-,22-20-,23-21-. The molecule has 1 amide bonds. The summed E-state index contributed by atoms with van der Waals surface area (Å²) in [5.74, 6) is -1.30. The molecule has 1 atom stereocenters. The van der Waals surface area contributed by atoms with Gasteiger partial charge in [-0.2, -0.15) is 0 Å². The van der Waals surface area contributed by atoms with Crippen molar-refractivity contribution in [2.24, 2.45) is 0 Å². The lowest BCUT2D eigenvalue weighted by Gasteiger charge is -2.18. The van der Waals surface area contributed by atoms with E-state index in [1.807, 2.05) is 0 Å². The number of carboxylic acid groups (broad SMARTS) is 1. The Morgan fingerprint density at radius 1 is 0.562 bits per heavy atom. The maximum atomic E-state index is 12.7.